The van der Waals surface area contributed by atoms with Crippen LogP contribution in [0.25, 0.3) is 0 Å². The summed E-state index contributed by atoms with van der Waals surface area (Å²) in [5, 5.41) is 32.9. The fraction of sp³-hybridized carbons (Fsp3) is 0.656. The number of Topliss-reactive ketones (excluding diaryl/α,β-unsaturated/α-hetero) is 1. The van der Waals surface area contributed by atoms with Crippen molar-refractivity contribution in [2.45, 2.75) is 122 Å². The summed E-state index contributed by atoms with van der Waals surface area (Å²) in [6.45, 7) is 3.48. The van der Waals surface area contributed by atoms with Crippen LogP contribution in [0.2, 0.25) is 0 Å². The van der Waals surface area contributed by atoms with Crippen molar-refractivity contribution in [3.05, 3.63) is 52.1 Å². The molecule has 43 heavy (non-hydrogen) atoms. The summed E-state index contributed by atoms with van der Waals surface area (Å²) in [5.41, 5.74) is 0.541. The summed E-state index contributed by atoms with van der Waals surface area (Å²) in [7, 11) is 0. The zero-order chi connectivity index (χ0) is 31.6. The highest BCUT2D eigenvalue weighted by molar-refractivity contribution is 5.85. The smallest absolute Gasteiger partial charge is 0.333 e. The van der Waals surface area contributed by atoms with Crippen LogP contribution in [0, 0.1) is 22.0 Å². The van der Waals surface area contributed by atoms with E-state index in [2.05, 4.69) is 17.1 Å². The summed E-state index contributed by atoms with van der Waals surface area (Å²) in [6, 6.07) is 5.19. The predicted molar refractivity (Wildman–Crippen MR) is 160 cm³/mol. The molecule has 5 atom stereocenters. The highest BCUT2D eigenvalue weighted by Crippen LogP contribution is 2.38. The van der Waals surface area contributed by atoms with Gasteiger partial charge in [-0.1, -0.05) is 56.9 Å². The van der Waals surface area contributed by atoms with Crippen LogP contribution in [-0.4, -0.2) is 51.2 Å². The van der Waals surface area contributed by atoms with Crippen LogP contribution in [-0.2, 0) is 25.8 Å². The van der Waals surface area contributed by atoms with Crippen LogP contribution in [0.1, 0.15) is 103 Å². The molecule has 2 rings (SSSR count). The summed E-state index contributed by atoms with van der Waals surface area (Å²) in [6.07, 6.45) is 12.3. The topological polar surface area (TPSA) is 165 Å². The number of hydrogen-bond donors (Lipinski definition) is 3. The number of hydrogen-bond acceptors (Lipinski definition) is 9. The molecule has 0 radical (unpaired) electrons. The minimum atomic E-state index is -0.888. The second-order valence-corrected chi connectivity index (χ2v) is 11.4. The number of aliphatic hydroxyl groups excluding tert-OH is 2. The normalized spacial score (nSPS) is 20.6. The molecule has 1 aromatic rings. The zero-order valence-corrected chi connectivity index (χ0v) is 25.4. The van der Waals surface area contributed by atoms with Gasteiger partial charge in [0.15, 0.2) is 0 Å². The predicted octanol–water partition coefficient (Wildman–Crippen LogP) is 4.99. The first-order valence-electron chi connectivity index (χ1n) is 15.5. The molecule has 0 saturated heterocycles. The first kappa shape index (κ1) is 35.9. The minimum absolute atomic E-state index is 0.0932. The van der Waals surface area contributed by atoms with Gasteiger partial charge in [0.2, 0.25) is 5.91 Å². The Morgan fingerprint density at radius 2 is 1.70 bits per heavy atom. The van der Waals surface area contributed by atoms with Gasteiger partial charge in [-0.3, -0.25) is 9.59 Å². The fourth-order valence-electron chi connectivity index (χ4n) is 5.39. The van der Waals surface area contributed by atoms with Crippen molar-refractivity contribution in [2.75, 3.05) is 0 Å². The van der Waals surface area contributed by atoms with E-state index in [1.165, 1.54) is 44.0 Å². The van der Waals surface area contributed by atoms with Gasteiger partial charge >= 0.3 is 5.97 Å². The lowest BCUT2D eigenvalue weighted by molar-refractivity contribution is -0.763. The van der Waals surface area contributed by atoms with Gasteiger partial charge in [0.1, 0.15) is 24.2 Å². The molecular formula is C32H48N2O9. The molecule has 1 fully saturated rings. The number of rotatable bonds is 21. The quantitative estimate of drug-likeness (QED) is 0.0438. The van der Waals surface area contributed by atoms with E-state index in [9.17, 15) is 34.7 Å². The number of nitrogens with one attached hydrogen (secondary N) is 1. The first-order chi connectivity index (χ1) is 20.6. The maximum Gasteiger partial charge on any atom is 0.333 e. The van der Waals surface area contributed by atoms with Gasteiger partial charge in [0, 0.05) is 19.3 Å². The third-order valence-corrected chi connectivity index (χ3v) is 7.90. The number of amides is 1. The van der Waals surface area contributed by atoms with Crippen molar-refractivity contribution >= 4 is 17.7 Å². The maximum absolute atomic E-state index is 12.3. The van der Waals surface area contributed by atoms with Gasteiger partial charge in [0.25, 0.3) is 5.09 Å². The molecule has 1 aliphatic rings. The van der Waals surface area contributed by atoms with Crippen LogP contribution in [0.15, 0.2) is 36.4 Å². The fourth-order valence-corrected chi connectivity index (χ4v) is 5.39. The Morgan fingerprint density at radius 1 is 1.00 bits per heavy atom. The van der Waals surface area contributed by atoms with Crippen LogP contribution in [0.3, 0.4) is 0 Å². The molecular weight excluding hydrogens is 556 g/mol. The largest absolute Gasteiger partial charge is 0.425 e. The average Bonchev–Trinajstić information content (AvgIpc) is 3.24. The summed E-state index contributed by atoms with van der Waals surface area (Å²) in [5.74, 6) is -0.636. The first-order valence-corrected chi connectivity index (χ1v) is 15.5. The van der Waals surface area contributed by atoms with E-state index >= 15 is 0 Å². The van der Waals surface area contributed by atoms with Gasteiger partial charge in [0.05, 0.1) is 12.2 Å². The van der Waals surface area contributed by atoms with Crippen molar-refractivity contribution in [1.82, 2.24) is 5.32 Å². The molecule has 1 saturated carbocycles. The Hall–Kier alpha value is -3.31. The van der Waals surface area contributed by atoms with Crippen molar-refractivity contribution in [3.63, 3.8) is 0 Å². The van der Waals surface area contributed by atoms with E-state index in [0.717, 1.165) is 19.3 Å². The lowest BCUT2D eigenvalue weighted by atomic mass is 9.86. The van der Waals surface area contributed by atoms with E-state index in [1.807, 2.05) is 12.2 Å². The van der Waals surface area contributed by atoms with Crippen LogP contribution in [0.4, 0.5) is 0 Å². The Bertz CT molecular complexity index is 1040. The number of nitrogens with zero attached hydrogens (tertiary/aromatic N) is 1. The van der Waals surface area contributed by atoms with Crippen LogP contribution >= 0.6 is 0 Å². The van der Waals surface area contributed by atoms with E-state index in [0.29, 0.717) is 50.5 Å². The summed E-state index contributed by atoms with van der Waals surface area (Å²) < 4.78 is 5.25. The monoisotopic (exact) mass is 604 g/mol. The summed E-state index contributed by atoms with van der Waals surface area (Å²) >= 11 is 0. The van der Waals surface area contributed by atoms with Crippen molar-refractivity contribution in [3.8, 4) is 5.75 Å². The maximum atomic E-state index is 12.3. The van der Waals surface area contributed by atoms with E-state index in [-0.39, 0.29) is 42.3 Å². The molecule has 1 aliphatic carbocycles. The second-order valence-electron chi connectivity index (χ2n) is 11.4. The van der Waals surface area contributed by atoms with Crippen LogP contribution in [0.5, 0.6) is 5.75 Å². The average molecular weight is 605 g/mol. The Kier molecular flexibility index (Phi) is 16.5. The molecule has 11 nitrogen and oxygen atoms in total. The van der Waals surface area contributed by atoms with Gasteiger partial charge in [-0.05, 0) is 75.0 Å². The molecule has 11 heteroatoms. The number of aliphatic hydroxyl groups is 2. The van der Waals surface area contributed by atoms with Crippen molar-refractivity contribution in [2.24, 2.45) is 11.8 Å². The Labute approximate surface area is 254 Å². The minimum Gasteiger partial charge on any atom is -0.425 e. The third kappa shape index (κ3) is 14.1. The molecule has 0 aliphatic heterocycles. The molecule has 240 valence electrons. The highest BCUT2D eigenvalue weighted by Gasteiger charge is 2.40. The standard InChI is InChI=1S/C32H48N2O9/c1-3-4-5-6-9-12-25(35)17-20-28-27(29(36)21-30(28)37)13-10-7-8-11-14-31(38)33-23(2)32(39)43-26-18-15-24(16-19-26)22-42-34(40)41/h7,10,15-16,18-19,23,27-30,36-37H,3-6,8-9,11-14,17,20-22H2,1-2H3,(H,33,38)/b10-7-/t23?,27-,28-,29+,30-/m1/s1. The highest BCUT2D eigenvalue weighted by atomic mass is 16.9. The molecule has 1 unspecified atom stereocenters. The molecule has 0 bridgehead atoms. The van der Waals surface area contributed by atoms with Gasteiger partial charge in [-0.15, -0.1) is 10.1 Å². The molecule has 1 amide bonds. The Morgan fingerprint density at radius 3 is 2.40 bits per heavy atom. The third-order valence-electron chi connectivity index (χ3n) is 7.90. The number of carbonyl (C=O) groups excluding carboxylic acids is 3. The van der Waals surface area contributed by atoms with Gasteiger partial charge in [-0.2, -0.15) is 0 Å². The number of carbonyl (C=O) groups is 3. The molecule has 3 N–H and O–H groups in total. The molecule has 1 aromatic carbocycles. The van der Waals surface area contributed by atoms with Crippen LogP contribution < -0.4 is 10.1 Å². The van der Waals surface area contributed by atoms with E-state index < -0.39 is 29.3 Å². The Balaban J connectivity index is 1.65. The molecule has 0 heterocycles. The lowest BCUT2D eigenvalue weighted by Crippen LogP contribution is -2.40. The molecule has 0 spiro atoms. The zero-order valence-electron chi connectivity index (χ0n) is 25.4. The van der Waals surface area contributed by atoms with Crippen molar-refractivity contribution < 1.29 is 39.3 Å². The SMILES string of the molecule is CCCCCCCC(=O)CC[C@@H]1[C@@H](C/C=C\CCCC(=O)NC(C)C(=O)Oc2ccc(CO[N+](=O)[O-])cc2)[C@@H](O)C[C@H]1O. The van der Waals surface area contributed by atoms with Crippen molar-refractivity contribution in [1.29, 1.82) is 0 Å². The van der Waals surface area contributed by atoms with E-state index in [1.54, 1.807) is 0 Å². The number of ether oxygens (including phenoxy) is 1. The number of unbranched alkanes of at least 4 members (excludes halogenated alkanes) is 5. The second kappa shape index (κ2) is 19.8. The number of esters is 1. The lowest BCUT2D eigenvalue weighted by Gasteiger charge is -2.22. The number of ketones is 1. The van der Waals surface area contributed by atoms with Gasteiger partial charge < -0.3 is 25.1 Å². The van der Waals surface area contributed by atoms with E-state index in [4.69, 9.17) is 4.74 Å². The molecule has 0 aromatic heterocycles. The van der Waals surface area contributed by atoms with Gasteiger partial charge in [-0.25, -0.2) is 4.79 Å². The number of benzene rings is 1. The summed E-state index contributed by atoms with van der Waals surface area (Å²) in [4.78, 5) is 51.5. The number of allylic oxidation sites excluding steroid dienone is 2.